The lowest BCUT2D eigenvalue weighted by Gasteiger charge is -2.18. The molecule has 5 nitrogen and oxygen atoms in total. The van der Waals surface area contributed by atoms with Crippen LogP contribution >= 0.6 is 0 Å². The Balaban J connectivity index is 1.76. The molecule has 3 rings (SSSR count). The number of rotatable bonds is 6. The van der Waals surface area contributed by atoms with Crippen molar-refractivity contribution in [2.24, 2.45) is 0 Å². The summed E-state index contributed by atoms with van der Waals surface area (Å²) in [6, 6.07) is 18.4. The number of hydrogen-bond acceptors (Lipinski definition) is 4. The number of aromatic nitrogens is 1. The highest BCUT2D eigenvalue weighted by Gasteiger charge is 2.18. The standard InChI is InChI=1S/C22H22N2O3/c1-15-14-21(24-19-11-7-6-10-18(15)19)20(23-16(2)25)12-13-22(26)27-17-8-4-3-5-9-17/h3-11,14,20H,12-13H2,1-2H3,(H,23,25)/t20-/m0/s1. The first-order valence-electron chi connectivity index (χ1n) is 8.92. The van der Waals surface area contributed by atoms with Crippen molar-refractivity contribution < 1.29 is 14.3 Å². The minimum absolute atomic E-state index is 0.163. The summed E-state index contributed by atoms with van der Waals surface area (Å²) < 4.78 is 5.33. The molecule has 1 atom stereocenters. The third-order valence-corrected chi connectivity index (χ3v) is 4.29. The second-order valence-corrected chi connectivity index (χ2v) is 6.46. The average molecular weight is 362 g/mol. The number of ether oxygens (including phenoxy) is 1. The van der Waals surface area contributed by atoms with E-state index < -0.39 is 0 Å². The fourth-order valence-electron chi connectivity index (χ4n) is 3.03. The van der Waals surface area contributed by atoms with E-state index >= 15 is 0 Å². The molecule has 0 aliphatic rings. The van der Waals surface area contributed by atoms with Crippen LogP contribution < -0.4 is 10.1 Å². The first-order chi connectivity index (χ1) is 13.0. The van der Waals surface area contributed by atoms with Crippen LogP contribution in [-0.4, -0.2) is 16.9 Å². The second kappa shape index (κ2) is 8.45. The van der Waals surface area contributed by atoms with Gasteiger partial charge in [0.25, 0.3) is 0 Å². The molecule has 0 aliphatic carbocycles. The lowest BCUT2D eigenvalue weighted by molar-refractivity contribution is -0.135. The highest BCUT2D eigenvalue weighted by molar-refractivity contribution is 5.82. The number of amides is 1. The zero-order valence-electron chi connectivity index (χ0n) is 15.4. The molecular formula is C22H22N2O3. The summed E-state index contributed by atoms with van der Waals surface area (Å²) in [5, 5.41) is 3.97. The Morgan fingerprint density at radius 3 is 2.52 bits per heavy atom. The molecule has 0 unspecified atom stereocenters. The van der Waals surface area contributed by atoms with E-state index in [9.17, 15) is 9.59 Å². The highest BCUT2D eigenvalue weighted by Crippen LogP contribution is 2.24. The second-order valence-electron chi connectivity index (χ2n) is 6.46. The Morgan fingerprint density at radius 2 is 1.78 bits per heavy atom. The first kappa shape index (κ1) is 18.6. The number of nitrogens with one attached hydrogen (secondary N) is 1. The Kier molecular flexibility index (Phi) is 5.81. The number of esters is 1. The van der Waals surface area contributed by atoms with Crippen LogP contribution in [0.1, 0.15) is 37.1 Å². The van der Waals surface area contributed by atoms with Gasteiger partial charge in [-0.05, 0) is 43.2 Å². The molecule has 3 aromatic rings. The van der Waals surface area contributed by atoms with Crippen LogP contribution in [-0.2, 0) is 9.59 Å². The minimum atomic E-state index is -0.353. The zero-order chi connectivity index (χ0) is 19.2. The Morgan fingerprint density at radius 1 is 1.07 bits per heavy atom. The number of nitrogens with zero attached hydrogens (tertiary/aromatic N) is 1. The Bertz CT molecular complexity index is 954. The number of aryl methyl sites for hydroxylation is 1. The molecule has 1 N–H and O–H groups in total. The predicted molar refractivity (Wildman–Crippen MR) is 104 cm³/mol. The number of pyridine rings is 1. The summed E-state index contributed by atoms with van der Waals surface area (Å²) in [6.45, 7) is 3.48. The van der Waals surface area contributed by atoms with Crippen molar-refractivity contribution >= 4 is 22.8 Å². The van der Waals surface area contributed by atoms with Gasteiger partial charge in [-0.1, -0.05) is 36.4 Å². The summed E-state index contributed by atoms with van der Waals surface area (Å²) in [5.41, 5.74) is 2.70. The third-order valence-electron chi connectivity index (χ3n) is 4.29. The van der Waals surface area contributed by atoms with E-state index in [1.54, 1.807) is 12.1 Å². The number of hydrogen-bond donors (Lipinski definition) is 1. The van der Waals surface area contributed by atoms with E-state index in [-0.39, 0.29) is 24.3 Å². The quantitative estimate of drug-likeness (QED) is 0.529. The third kappa shape index (κ3) is 4.91. The molecule has 0 spiro atoms. The van der Waals surface area contributed by atoms with Gasteiger partial charge in [0.1, 0.15) is 5.75 Å². The van der Waals surface area contributed by atoms with Crippen LogP contribution in [0.2, 0.25) is 0 Å². The van der Waals surface area contributed by atoms with Crippen LogP contribution in [0, 0.1) is 6.92 Å². The van der Waals surface area contributed by atoms with Gasteiger partial charge in [0, 0.05) is 18.7 Å². The monoisotopic (exact) mass is 362 g/mol. The van der Waals surface area contributed by atoms with Crippen molar-refractivity contribution in [3.05, 3.63) is 71.9 Å². The lowest BCUT2D eigenvalue weighted by atomic mass is 10.0. The van der Waals surface area contributed by atoms with E-state index in [0.717, 1.165) is 22.2 Å². The van der Waals surface area contributed by atoms with E-state index in [1.165, 1.54) is 6.92 Å². The van der Waals surface area contributed by atoms with Gasteiger partial charge in [-0.2, -0.15) is 0 Å². The summed E-state index contributed by atoms with van der Waals surface area (Å²) >= 11 is 0. The van der Waals surface area contributed by atoms with Gasteiger partial charge < -0.3 is 10.1 Å². The van der Waals surface area contributed by atoms with Gasteiger partial charge in [0.05, 0.1) is 17.3 Å². The van der Waals surface area contributed by atoms with Gasteiger partial charge in [0.2, 0.25) is 5.91 Å². The molecule has 0 saturated carbocycles. The number of para-hydroxylation sites is 2. The molecular weight excluding hydrogens is 340 g/mol. The summed E-state index contributed by atoms with van der Waals surface area (Å²) in [7, 11) is 0. The van der Waals surface area contributed by atoms with Gasteiger partial charge in [-0.3, -0.25) is 14.6 Å². The molecule has 0 saturated heterocycles. The van der Waals surface area contributed by atoms with E-state index in [0.29, 0.717) is 12.2 Å². The molecule has 0 fully saturated rings. The van der Waals surface area contributed by atoms with E-state index in [4.69, 9.17) is 4.74 Å². The summed E-state index contributed by atoms with van der Waals surface area (Å²) in [4.78, 5) is 28.5. The molecule has 1 heterocycles. The number of carbonyl (C=O) groups excluding carboxylic acids is 2. The SMILES string of the molecule is CC(=O)N[C@@H](CCC(=O)Oc1ccccc1)c1cc(C)c2ccccc2n1. The lowest BCUT2D eigenvalue weighted by Crippen LogP contribution is -2.28. The van der Waals surface area contributed by atoms with Crippen molar-refractivity contribution in [3.63, 3.8) is 0 Å². The van der Waals surface area contributed by atoms with Crippen LogP contribution in [0.25, 0.3) is 10.9 Å². The molecule has 27 heavy (non-hydrogen) atoms. The van der Waals surface area contributed by atoms with Crippen LogP contribution in [0.3, 0.4) is 0 Å². The maximum atomic E-state index is 12.2. The molecule has 138 valence electrons. The Hall–Kier alpha value is -3.21. The van der Waals surface area contributed by atoms with Gasteiger partial charge in [0.15, 0.2) is 0 Å². The summed E-state index contributed by atoms with van der Waals surface area (Å²) in [5.74, 6) is 0.0105. The number of carbonyl (C=O) groups is 2. The first-order valence-corrected chi connectivity index (χ1v) is 8.92. The number of fused-ring (bicyclic) bond motifs is 1. The van der Waals surface area contributed by atoms with Gasteiger partial charge >= 0.3 is 5.97 Å². The largest absolute Gasteiger partial charge is 0.427 e. The molecule has 5 heteroatoms. The maximum absolute atomic E-state index is 12.2. The van der Waals surface area contributed by atoms with Crippen molar-refractivity contribution in [2.45, 2.75) is 32.7 Å². The van der Waals surface area contributed by atoms with Crippen molar-refractivity contribution in [2.75, 3.05) is 0 Å². The highest BCUT2D eigenvalue weighted by atomic mass is 16.5. The molecule has 1 amide bonds. The van der Waals surface area contributed by atoms with Crippen LogP contribution in [0.15, 0.2) is 60.7 Å². The molecule has 0 aliphatic heterocycles. The van der Waals surface area contributed by atoms with E-state index in [2.05, 4.69) is 10.3 Å². The van der Waals surface area contributed by atoms with Gasteiger partial charge in [-0.25, -0.2) is 0 Å². The smallest absolute Gasteiger partial charge is 0.311 e. The Labute approximate surface area is 158 Å². The van der Waals surface area contributed by atoms with Crippen LogP contribution in [0.5, 0.6) is 5.75 Å². The average Bonchev–Trinajstić information content (AvgIpc) is 2.65. The van der Waals surface area contributed by atoms with Gasteiger partial charge in [-0.15, -0.1) is 0 Å². The fourth-order valence-corrected chi connectivity index (χ4v) is 3.03. The van der Waals surface area contributed by atoms with Crippen molar-refractivity contribution in [3.8, 4) is 5.75 Å². The van der Waals surface area contributed by atoms with E-state index in [1.807, 2.05) is 55.5 Å². The molecule has 0 radical (unpaired) electrons. The van der Waals surface area contributed by atoms with Crippen molar-refractivity contribution in [1.82, 2.24) is 10.3 Å². The predicted octanol–water partition coefficient (Wildman–Crippen LogP) is 4.11. The molecule has 1 aromatic heterocycles. The molecule has 0 bridgehead atoms. The molecule has 2 aromatic carbocycles. The maximum Gasteiger partial charge on any atom is 0.311 e. The van der Waals surface area contributed by atoms with Crippen LogP contribution in [0.4, 0.5) is 0 Å². The topological polar surface area (TPSA) is 68.3 Å². The number of benzene rings is 2. The normalized spacial score (nSPS) is 11.8. The summed E-state index contributed by atoms with van der Waals surface area (Å²) in [6.07, 6.45) is 0.587. The minimum Gasteiger partial charge on any atom is -0.427 e. The fraction of sp³-hybridized carbons (Fsp3) is 0.227. The van der Waals surface area contributed by atoms with Crippen molar-refractivity contribution in [1.29, 1.82) is 0 Å². The zero-order valence-corrected chi connectivity index (χ0v) is 15.4.